The van der Waals surface area contributed by atoms with Crippen molar-refractivity contribution in [3.8, 4) is 0 Å². The second kappa shape index (κ2) is 23.8. The van der Waals surface area contributed by atoms with Gasteiger partial charge in [0.1, 0.15) is 22.7 Å². The molecule has 3 atom stereocenters. The van der Waals surface area contributed by atoms with Crippen LogP contribution in [0, 0.1) is 0 Å². The molecule has 1 saturated heterocycles. The van der Waals surface area contributed by atoms with Crippen molar-refractivity contribution in [2.24, 2.45) is 9.52 Å². The van der Waals surface area contributed by atoms with E-state index in [0.29, 0.717) is 21.0 Å². The lowest BCUT2D eigenvalue weighted by molar-refractivity contribution is -0.154. The molecule has 15 heteroatoms. The number of aliphatic imine (C=N–C) groups is 1. The molecule has 0 spiro atoms. The van der Waals surface area contributed by atoms with E-state index in [4.69, 9.17) is 19.3 Å². The summed E-state index contributed by atoms with van der Waals surface area (Å²) in [4.78, 5) is 69.1. The molecule has 2 amide bonds. The Hall–Kier alpha value is -7.44. The van der Waals surface area contributed by atoms with E-state index in [9.17, 15) is 19.2 Å². The lowest BCUT2D eigenvalue weighted by Crippen LogP contribution is -2.70. The number of halogens is 1. The summed E-state index contributed by atoms with van der Waals surface area (Å²) in [5.41, 5.74) is 6.17. The van der Waals surface area contributed by atoms with Crippen molar-refractivity contribution in [1.29, 1.82) is 0 Å². The summed E-state index contributed by atoms with van der Waals surface area (Å²) in [5.74, 6) is -1.60. The number of hydrogen-bond acceptors (Lipinski definition) is 10. The summed E-state index contributed by atoms with van der Waals surface area (Å²) in [7, 11) is -1.29. The minimum absolute atomic E-state index is 0.175. The number of thioether (sulfide) groups is 1. The molecule has 0 bridgehead atoms. The molecular weight excluding hydrogens is 1090 g/mol. The molecule has 2 N–H and O–H groups in total. The van der Waals surface area contributed by atoms with E-state index in [1.54, 1.807) is 5.41 Å². The van der Waals surface area contributed by atoms with Gasteiger partial charge >= 0.3 is 11.9 Å². The van der Waals surface area contributed by atoms with Crippen molar-refractivity contribution in [2.75, 3.05) is 16.8 Å². The predicted octanol–water partition coefficient (Wildman–Crippen LogP) is 10.7. The van der Waals surface area contributed by atoms with Crippen molar-refractivity contribution >= 4 is 74.0 Å². The zero-order valence-corrected chi connectivity index (χ0v) is 44.1. The summed E-state index contributed by atoms with van der Waals surface area (Å²) < 4.78 is 17.4. The van der Waals surface area contributed by atoms with Gasteiger partial charge in [-0.25, -0.2) is 19.4 Å². The summed E-state index contributed by atoms with van der Waals surface area (Å²) in [6.07, 6.45) is -1.56. The Kier molecular flexibility index (Phi) is 16.2. The van der Waals surface area contributed by atoms with E-state index < -0.39 is 70.2 Å². The van der Waals surface area contributed by atoms with Gasteiger partial charge in [-0.3, -0.25) is 14.5 Å². The Bertz CT molecular complexity index is 3110. The number of benzene rings is 7. The predicted molar refractivity (Wildman–Crippen MR) is 301 cm³/mol. The third kappa shape index (κ3) is 11.3. The molecule has 3 unspecified atom stereocenters. The number of rotatable bonds is 18. The van der Waals surface area contributed by atoms with Gasteiger partial charge in [-0.1, -0.05) is 239 Å². The first kappa shape index (κ1) is 51.1. The minimum atomic E-state index is -1.29. The average molecular weight is 1140 g/mol. The van der Waals surface area contributed by atoms with Gasteiger partial charge in [0.25, 0.3) is 5.91 Å². The molecule has 376 valence electrons. The first-order valence-electron chi connectivity index (χ1n) is 24.2. The second-order valence-electron chi connectivity index (χ2n) is 17.7. The van der Waals surface area contributed by atoms with Gasteiger partial charge in [0.05, 0.1) is 6.42 Å². The monoisotopic (exact) mass is 1140 g/mol. The van der Waals surface area contributed by atoms with Crippen LogP contribution in [0.4, 0.5) is 0 Å². The van der Waals surface area contributed by atoms with Gasteiger partial charge in [0.2, 0.25) is 5.91 Å². The zero-order valence-electron chi connectivity index (χ0n) is 40.3. The number of esters is 2. The highest BCUT2D eigenvalue weighted by atomic mass is 127. The summed E-state index contributed by atoms with van der Waals surface area (Å²) >= 11 is 3.70. The maximum Gasteiger partial charge on any atom is 0.356 e. The van der Waals surface area contributed by atoms with Crippen LogP contribution in [0.3, 0.4) is 0 Å². The fourth-order valence-electron chi connectivity index (χ4n) is 9.32. The summed E-state index contributed by atoms with van der Waals surface area (Å²) in [5, 5.41) is 7.99. The number of alkyl halides is 1. The third-order valence-corrected chi connectivity index (χ3v) is 16.5. The second-order valence-corrected chi connectivity index (χ2v) is 20.9. The number of hydrogen-bond donors (Lipinski definition) is 2. The molecule has 0 aliphatic carbocycles. The van der Waals surface area contributed by atoms with Crippen molar-refractivity contribution in [3.63, 3.8) is 0 Å². The Labute approximate surface area is 455 Å². The first-order valence-corrected chi connectivity index (χ1v) is 28.0. The van der Waals surface area contributed by atoms with E-state index >= 15 is 0 Å². The van der Waals surface area contributed by atoms with Gasteiger partial charge in [-0.2, -0.15) is 0 Å². The van der Waals surface area contributed by atoms with Crippen molar-refractivity contribution < 1.29 is 33.5 Å². The molecule has 7 aromatic carbocycles. The van der Waals surface area contributed by atoms with Gasteiger partial charge < -0.3 is 20.1 Å². The highest BCUT2D eigenvalue weighted by Crippen LogP contribution is 2.44. The first-order chi connectivity index (χ1) is 36.8. The molecule has 0 radical (unpaired) electrons. The minimum Gasteiger partial charge on any atom is -0.451 e. The largest absolute Gasteiger partial charge is 0.451 e. The smallest absolute Gasteiger partial charge is 0.356 e. The van der Waals surface area contributed by atoms with Crippen molar-refractivity contribution in [3.05, 3.63) is 274 Å². The lowest BCUT2D eigenvalue weighted by Gasteiger charge is -2.49. The molecule has 3 aliphatic heterocycles. The van der Waals surface area contributed by atoms with Crippen LogP contribution >= 0.6 is 34.4 Å². The number of amides is 2. The molecule has 0 saturated carbocycles. The number of carbonyl (C=O) groups excluding carboxylic acids is 4. The van der Waals surface area contributed by atoms with Crippen LogP contribution in [0.1, 0.15) is 57.6 Å². The highest BCUT2D eigenvalue weighted by molar-refractivity contribution is 14.1. The number of nitrogens with zero attached hydrogens (tertiary/aromatic N) is 3. The Balaban J connectivity index is 0.914. The van der Waals surface area contributed by atoms with Crippen LogP contribution in [0.5, 0.6) is 0 Å². The SMILES string of the molecule is O=C(CC1=C/S(=N\OCC(=O)OC(c2ccccc2)c2ccccc2)C(=NC(c2ccccc2)(c2ccccc2)c2ccccc2)N1)NC1C(=O)N2C(C(=O)OC(c3ccccc3)c3ccccc3)=C(CI)CSC12. The quantitative estimate of drug-likeness (QED) is 0.0214. The molecule has 3 heterocycles. The highest BCUT2D eigenvalue weighted by Gasteiger charge is 2.54. The van der Waals surface area contributed by atoms with Gasteiger partial charge in [0.15, 0.2) is 24.0 Å². The molecular formula is C60H50IN5O7S2. The van der Waals surface area contributed by atoms with Crippen molar-refractivity contribution in [2.45, 2.75) is 35.6 Å². The molecule has 12 nitrogen and oxygen atoms in total. The van der Waals surface area contributed by atoms with Gasteiger partial charge in [-0.15, -0.1) is 11.8 Å². The summed E-state index contributed by atoms with van der Waals surface area (Å²) in [6.45, 7) is -0.500. The van der Waals surface area contributed by atoms with Crippen LogP contribution < -0.4 is 10.6 Å². The van der Waals surface area contributed by atoms with Crippen molar-refractivity contribution in [1.82, 2.24) is 15.5 Å². The van der Waals surface area contributed by atoms with Gasteiger partial charge in [-0.05, 0) is 44.5 Å². The Morgan fingerprint density at radius 1 is 0.667 bits per heavy atom. The Morgan fingerprint density at radius 2 is 1.11 bits per heavy atom. The summed E-state index contributed by atoms with van der Waals surface area (Å²) in [6, 6.07) is 66.8. The van der Waals surface area contributed by atoms with Crippen LogP contribution in [0.2, 0.25) is 0 Å². The molecule has 7 aromatic rings. The molecule has 75 heavy (non-hydrogen) atoms. The van der Waals surface area contributed by atoms with Crippen LogP contribution in [-0.2, 0) is 49.7 Å². The number of amidine groups is 1. The number of carbonyl (C=O) groups is 4. The fourth-order valence-corrected chi connectivity index (χ4v) is 12.9. The molecule has 10 rings (SSSR count). The molecule has 0 aromatic heterocycles. The van der Waals surface area contributed by atoms with E-state index in [1.807, 2.05) is 212 Å². The zero-order chi connectivity index (χ0) is 51.6. The number of nitrogens with one attached hydrogen (secondary N) is 2. The average Bonchev–Trinajstić information content (AvgIpc) is 3.85. The van der Waals surface area contributed by atoms with Gasteiger partial charge in [0, 0.05) is 32.0 Å². The standard InChI is InChI=1S/C60H50IN5O7S2/c61-37-45-39-74-57-52(56(69)66(57)53(45)58(70)73-55(43-26-12-3-13-27-43)44-28-14-4-15-29-44)63-50(67)36-49-40-75(65-71-38-51(68)72-54(41-22-8-1-9-23-41)42-24-10-2-11-25-42)59(62-49)64-60(46-30-16-5-17-31-46,47-32-18-6-19-33-47)48-34-20-7-21-35-48/h1-35,40,52,54-55,57H,36-39H2,(H,62,64)(H,63,67). The van der Waals surface area contributed by atoms with Crippen LogP contribution in [0.15, 0.2) is 244 Å². The number of ether oxygens (including phenoxy) is 2. The van der Waals surface area contributed by atoms with Crippen LogP contribution in [-0.4, -0.2) is 62.0 Å². The van der Waals surface area contributed by atoms with E-state index in [1.165, 1.54) is 16.7 Å². The Morgan fingerprint density at radius 3 is 1.56 bits per heavy atom. The van der Waals surface area contributed by atoms with E-state index in [2.05, 4.69) is 37.8 Å². The topological polar surface area (TPSA) is 148 Å². The van der Waals surface area contributed by atoms with Crippen LogP contribution in [0.25, 0.3) is 0 Å². The number of fused-ring (bicyclic) bond motifs is 1. The van der Waals surface area contributed by atoms with E-state index in [0.717, 1.165) is 44.5 Å². The molecule has 3 aliphatic rings. The normalized spacial score (nSPS) is 17.8. The number of β-lactam (4-membered cyclic amide) rings is 1. The third-order valence-electron chi connectivity index (χ3n) is 12.8. The lowest BCUT2D eigenvalue weighted by atomic mass is 9.77. The van der Waals surface area contributed by atoms with E-state index in [-0.39, 0.29) is 12.1 Å². The molecule has 1 fully saturated rings. The maximum absolute atomic E-state index is 14.3. The fraction of sp³-hybridized carbons (Fsp3) is 0.150. The maximum atomic E-state index is 14.3.